The van der Waals surface area contributed by atoms with Crippen molar-refractivity contribution in [3.05, 3.63) is 53.6 Å². The number of nitrogen functional groups attached to an aromatic ring is 1. The van der Waals surface area contributed by atoms with Crippen LogP contribution in [0.4, 0.5) is 11.4 Å². The predicted molar refractivity (Wildman–Crippen MR) is 81.0 cm³/mol. The second-order valence-corrected chi connectivity index (χ2v) is 4.66. The molecule has 0 bridgehead atoms. The molecule has 0 atom stereocenters. The fraction of sp³-hybridized carbons (Fsp3) is 0.188. The fourth-order valence-electron chi connectivity index (χ4n) is 2.06. The van der Waals surface area contributed by atoms with Crippen LogP contribution in [0.2, 0.25) is 0 Å². The highest BCUT2D eigenvalue weighted by Gasteiger charge is 2.19. The van der Waals surface area contributed by atoms with Gasteiger partial charge in [0, 0.05) is 17.9 Å². The van der Waals surface area contributed by atoms with E-state index in [-0.39, 0.29) is 11.7 Å². The average Bonchev–Trinajstić information content (AvgIpc) is 2.44. The van der Waals surface area contributed by atoms with E-state index in [1.54, 1.807) is 47.4 Å². The smallest absolute Gasteiger partial charge is 0.262 e. The highest BCUT2D eigenvalue weighted by molar-refractivity contribution is 6.07. The van der Waals surface area contributed by atoms with Crippen molar-refractivity contribution in [2.24, 2.45) is 0 Å². The predicted octanol–water partition coefficient (Wildman–Crippen LogP) is 2.95. The van der Waals surface area contributed by atoms with Gasteiger partial charge < -0.3 is 15.7 Å². The molecule has 2 aromatic carbocycles. The summed E-state index contributed by atoms with van der Waals surface area (Å²) in [5.41, 5.74) is 8.30. The van der Waals surface area contributed by atoms with Crippen LogP contribution in [0, 0.1) is 6.92 Å². The number of benzene rings is 2. The lowest BCUT2D eigenvalue weighted by atomic mass is 10.1. The summed E-state index contributed by atoms with van der Waals surface area (Å²) in [5, 5.41) is 9.87. The molecule has 0 fully saturated rings. The maximum atomic E-state index is 12.6. The van der Waals surface area contributed by atoms with Crippen LogP contribution in [0.5, 0.6) is 5.75 Å². The summed E-state index contributed by atoms with van der Waals surface area (Å²) in [4.78, 5) is 14.2. The summed E-state index contributed by atoms with van der Waals surface area (Å²) in [7, 11) is 0. The molecule has 0 heterocycles. The molecular formula is C16H18N2O2. The molecule has 0 unspecified atom stereocenters. The number of amides is 1. The lowest BCUT2D eigenvalue weighted by molar-refractivity contribution is 0.0985. The van der Waals surface area contributed by atoms with E-state index >= 15 is 0 Å². The minimum absolute atomic E-state index is 0.00510. The Bertz CT molecular complexity index is 621. The van der Waals surface area contributed by atoms with Gasteiger partial charge in [-0.05, 0) is 50.2 Å². The summed E-state index contributed by atoms with van der Waals surface area (Å²) < 4.78 is 0. The molecule has 0 saturated carbocycles. The molecule has 20 heavy (non-hydrogen) atoms. The van der Waals surface area contributed by atoms with E-state index < -0.39 is 0 Å². The summed E-state index contributed by atoms with van der Waals surface area (Å²) >= 11 is 0. The number of hydrogen-bond donors (Lipinski definition) is 2. The number of anilines is 2. The Hall–Kier alpha value is -2.49. The average molecular weight is 270 g/mol. The maximum absolute atomic E-state index is 12.6. The molecule has 0 aromatic heterocycles. The Morgan fingerprint density at radius 3 is 2.45 bits per heavy atom. The van der Waals surface area contributed by atoms with E-state index in [0.717, 1.165) is 11.3 Å². The lowest BCUT2D eigenvalue weighted by Gasteiger charge is -2.22. The van der Waals surface area contributed by atoms with E-state index in [1.807, 2.05) is 13.8 Å². The van der Waals surface area contributed by atoms with Crippen molar-refractivity contribution in [2.45, 2.75) is 13.8 Å². The fourth-order valence-corrected chi connectivity index (χ4v) is 2.06. The second kappa shape index (κ2) is 5.65. The van der Waals surface area contributed by atoms with E-state index in [2.05, 4.69) is 0 Å². The van der Waals surface area contributed by atoms with Gasteiger partial charge in [-0.25, -0.2) is 0 Å². The van der Waals surface area contributed by atoms with Crippen LogP contribution in [0.15, 0.2) is 42.5 Å². The van der Waals surface area contributed by atoms with Gasteiger partial charge >= 0.3 is 0 Å². The maximum Gasteiger partial charge on any atom is 0.262 e. The van der Waals surface area contributed by atoms with E-state index in [0.29, 0.717) is 17.8 Å². The Balaban J connectivity index is 2.38. The number of phenols is 1. The molecule has 2 rings (SSSR count). The van der Waals surface area contributed by atoms with E-state index in [4.69, 9.17) is 5.73 Å². The summed E-state index contributed by atoms with van der Waals surface area (Å²) in [6, 6.07) is 12.1. The summed E-state index contributed by atoms with van der Waals surface area (Å²) in [6.07, 6.45) is 0. The zero-order valence-corrected chi connectivity index (χ0v) is 11.6. The first-order valence-electron chi connectivity index (χ1n) is 6.50. The van der Waals surface area contributed by atoms with Crippen LogP contribution >= 0.6 is 0 Å². The molecule has 0 aliphatic rings. The molecule has 0 aliphatic heterocycles. The second-order valence-electron chi connectivity index (χ2n) is 4.66. The van der Waals surface area contributed by atoms with E-state index in [9.17, 15) is 9.90 Å². The topological polar surface area (TPSA) is 66.6 Å². The number of carbonyl (C=O) groups excluding carboxylic acids is 1. The van der Waals surface area contributed by atoms with Crippen molar-refractivity contribution in [2.75, 3.05) is 17.2 Å². The zero-order valence-electron chi connectivity index (χ0n) is 11.6. The first kappa shape index (κ1) is 13.9. The standard InChI is InChI=1S/C16H18N2O2/c1-3-18(13-7-5-12(17)6-8-13)16(20)14-10-11(2)4-9-15(14)19/h4-10,19H,3,17H2,1-2H3. The van der Waals surface area contributed by atoms with Crippen molar-refractivity contribution in [1.29, 1.82) is 0 Å². The van der Waals surface area contributed by atoms with Crippen LogP contribution in [-0.2, 0) is 0 Å². The number of hydrogen-bond acceptors (Lipinski definition) is 3. The van der Waals surface area contributed by atoms with Gasteiger partial charge in [0.15, 0.2) is 0 Å². The number of carbonyl (C=O) groups is 1. The molecule has 4 nitrogen and oxygen atoms in total. The van der Waals surface area contributed by atoms with Crippen LogP contribution in [-0.4, -0.2) is 17.6 Å². The molecule has 0 spiro atoms. The van der Waals surface area contributed by atoms with Crippen molar-refractivity contribution < 1.29 is 9.90 Å². The molecule has 3 N–H and O–H groups in total. The van der Waals surface area contributed by atoms with Gasteiger partial charge in [-0.3, -0.25) is 4.79 Å². The van der Waals surface area contributed by atoms with Gasteiger partial charge in [0.1, 0.15) is 5.75 Å². The van der Waals surface area contributed by atoms with Crippen molar-refractivity contribution in [3.8, 4) is 5.75 Å². The SMILES string of the molecule is CCN(C(=O)c1cc(C)ccc1O)c1ccc(N)cc1. The van der Waals surface area contributed by atoms with Crippen LogP contribution in [0.25, 0.3) is 0 Å². The van der Waals surface area contributed by atoms with Gasteiger partial charge in [0.25, 0.3) is 5.91 Å². The third kappa shape index (κ3) is 2.74. The number of aromatic hydroxyl groups is 1. The molecular weight excluding hydrogens is 252 g/mol. The van der Waals surface area contributed by atoms with Crippen LogP contribution < -0.4 is 10.6 Å². The van der Waals surface area contributed by atoms with Gasteiger partial charge in [0.05, 0.1) is 5.56 Å². The monoisotopic (exact) mass is 270 g/mol. The Morgan fingerprint density at radius 2 is 1.85 bits per heavy atom. The number of rotatable bonds is 3. The quantitative estimate of drug-likeness (QED) is 0.843. The van der Waals surface area contributed by atoms with Gasteiger partial charge in [-0.15, -0.1) is 0 Å². The Labute approximate surface area is 118 Å². The van der Waals surface area contributed by atoms with Gasteiger partial charge in [-0.2, -0.15) is 0 Å². The minimum atomic E-state index is -0.224. The normalized spacial score (nSPS) is 10.3. The Morgan fingerprint density at radius 1 is 1.20 bits per heavy atom. The highest BCUT2D eigenvalue weighted by Crippen LogP contribution is 2.24. The molecule has 2 aromatic rings. The van der Waals surface area contributed by atoms with E-state index in [1.165, 1.54) is 0 Å². The number of nitrogens with zero attached hydrogens (tertiary/aromatic N) is 1. The number of aryl methyl sites for hydroxylation is 1. The number of nitrogens with two attached hydrogens (primary N) is 1. The molecule has 0 saturated heterocycles. The third-order valence-electron chi connectivity index (χ3n) is 3.15. The lowest BCUT2D eigenvalue weighted by Crippen LogP contribution is -2.30. The van der Waals surface area contributed by atoms with Crippen molar-refractivity contribution in [3.63, 3.8) is 0 Å². The largest absolute Gasteiger partial charge is 0.507 e. The minimum Gasteiger partial charge on any atom is -0.507 e. The Kier molecular flexibility index (Phi) is 3.94. The number of phenolic OH excluding ortho intramolecular Hbond substituents is 1. The highest BCUT2D eigenvalue weighted by atomic mass is 16.3. The van der Waals surface area contributed by atoms with Crippen LogP contribution in [0.3, 0.4) is 0 Å². The third-order valence-corrected chi connectivity index (χ3v) is 3.15. The van der Waals surface area contributed by atoms with Crippen molar-refractivity contribution >= 4 is 17.3 Å². The summed E-state index contributed by atoms with van der Waals surface area (Å²) in [5.74, 6) is -0.229. The van der Waals surface area contributed by atoms with Gasteiger partial charge in [-0.1, -0.05) is 11.6 Å². The zero-order chi connectivity index (χ0) is 14.7. The van der Waals surface area contributed by atoms with Gasteiger partial charge in [0.2, 0.25) is 0 Å². The summed E-state index contributed by atoms with van der Waals surface area (Å²) in [6.45, 7) is 4.28. The molecule has 104 valence electrons. The first-order valence-corrected chi connectivity index (χ1v) is 6.50. The molecule has 4 heteroatoms. The molecule has 0 radical (unpaired) electrons. The first-order chi connectivity index (χ1) is 9.52. The van der Waals surface area contributed by atoms with Crippen LogP contribution in [0.1, 0.15) is 22.8 Å². The molecule has 0 aliphatic carbocycles. The van der Waals surface area contributed by atoms with Crippen molar-refractivity contribution in [1.82, 2.24) is 0 Å². The molecule has 1 amide bonds.